The summed E-state index contributed by atoms with van der Waals surface area (Å²) in [5.41, 5.74) is 0. The Morgan fingerprint density at radius 1 is 0.826 bits per heavy atom. The molecule has 0 aliphatic heterocycles. The quantitative estimate of drug-likeness (QED) is 0.428. The lowest BCUT2D eigenvalue weighted by atomic mass is 10.2. The van der Waals surface area contributed by atoms with Crippen molar-refractivity contribution >= 4 is 17.9 Å². The summed E-state index contributed by atoms with van der Waals surface area (Å²) in [5, 5.41) is 7.99. The Morgan fingerprint density at radius 2 is 1.57 bits per heavy atom. The SMILES string of the molecule is COCCCOC(=O)NCCCCCC(=O)NCCNC(C)=O. The van der Waals surface area contributed by atoms with E-state index >= 15 is 0 Å². The molecule has 8 heteroatoms. The van der Waals surface area contributed by atoms with Gasteiger partial charge in [-0.05, 0) is 12.8 Å². The molecule has 0 radical (unpaired) electrons. The minimum absolute atomic E-state index is 0.0270. The predicted octanol–water partition coefficient (Wildman–Crippen LogP) is 0.562. The van der Waals surface area contributed by atoms with Crippen molar-refractivity contribution in [2.24, 2.45) is 0 Å². The number of hydrogen-bond donors (Lipinski definition) is 3. The fraction of sp³-hybridized carbons (Fsp3) is 0.800. The van der Waals surface area contributed by atoms with Crippen molar-refractivity contribution in [1.29, 1.82) is 0 Å². The average molecular weight is 331 g/mol. The van der Waals surface area contributed by atoms with Crippen LogP contribution >= 0.6 is 0 Å². The van der Waals surface area contributed by atoms with Crippen molar-refractivity contribution in [3.05, 3.63) is 0 Å². The largest absolute Gasteiger partial charge is 0.449 e. The van der Waals surface area contributed by atoms with Gasteiger partial charge in [-0.1, -0.05) is 6.42 Å². The number of rotatable bonds is 13. The van der Waals surface area contributed by atoms with E-state index in [-0.39, 0.29) is 11.8 Å². The summed E-state index contributed by atoms with van der Waals surface area (Å²) < 4.78 is 9.78. The van der Waals surface area contributed by atoms with E-state index < -0.39 is 6.09 Å². The van der Waals surface area contributed by atoms with Gasteiger partial charge in [0.15, 0.2) is 0 Å². The Bertz CT molecular complexity index is 350. The van der Waals surface area contributed by atoms with Gasteiger partial charge in [-0.3, -0.25) is 9.59 Å². The first kappa shape index (κ1) is 21.2. The van der Waals surface area contributed by atoms with E-state index in [1.807, 2.05) is 0 Å². The van der Waals surface area contributed by atoms with Gasteiger partial charge in [0, 0.05) is 53.1 Å². The van der Waals surface area contributed by atoms with Gasteiger partial charge < -0.3 is 25.4 Å². The first-order valence-electron chi connectivity index (χ1n) is 7.97. The number of methoxy groups -OCH3 is 1. The summed E-state index contributed by atoms with van der Waals surface area (Å²) in [5.74, 6) is -0.134. The Kier molecular flexibility index (Phi) is 13.9. The number of carbonyl (C=O) groups excluding carboxylic acids is 3. The second-order valence-electron chi connectivity index (χ2n) is 5.05. The van der Waals surface area contributed by atoms with Crippen molar-refractivity contribution in [3.8, 4) is 0 Å². The predicted molar refractivity (Wildman–Crippen MR) is 86.0 cm³/mol. The van der Waals surface area contributed by atoms with Crippen LogP contribution in [0, 0.1) is 0 Å². The van der Waals surface area contributed by atoms with Crippen LogP contribution in [0.25, 0.3) is 0 Å². The summed E-state index contributed by atoms with van der Waals surface area (Å²) in [6, 6.07) is 0. The number of unbranched alkanes of at least 4 members (excludes halogenated alkanes) is 2. The van der Waals surface area contributed by atoms with E-state index in [9.17, 15) is 14.4 Å². The first-order chi connectivity index (χ1) is 11.1. The second-order valence-corrected chi connectivity index (χ2v) is 5.05. The summed E-state index contributed by atoms with van der Waals surface area (Å²) in [6.45, 7) is 3.77. The van der Waals surface area contributed by atoms with Crippen LogP contribution in [0.1, 0.15) is 39.0 Å². The summed E-state index contributed by atoms with van der Waals surface area (Å²) in [6.07, 6.45) is 3.12. The third kappa shape index (κ3) is 16.4. The molecule has 0 aromatic carbocycles. The smallest absolute Gasteiger partial charge is 0.407 e. The third-order valence-electron chi connectivity index (χ3n) is 2.90. The average Bonchev–Trinajstić information content (AvgIpc) is 2.51. The summed E-state index contributed by atoms with van der Waals surface area (Å²) >= 11 is 0. The highest BCUT2D eigenvalue weighted by molar-refractivity contribution is 5.76. The van der Waals surface area contributed by atoms with E-state index in [2.05, 4.69) is 16.0 Å². The van der Waals surface area contributed by atoms with Crippen LogP contribution in [-0.2, 0) is 19.1 Å². The minimum atomic E-state index is -0.420. The van der Waals surface area contributed by atoms with Crippen molar-refractivity contribution in [1.82, 2.24) is 16.0 Å². The number of ether oxygens (including phenoxy) is 2. The molecule has 0 saturated heterocycles. The normalized spacial score (nSPS) is 10.0. The fourth-order valence-electron chi connectivity index (χ4n) is 1.73. The lowest BCUT2D eigenvalue weighted by molar-refractivity contribution is -0.122. The van der Waals surface area contributed by atoms with Gasteiger partial charge in [0.25, 0.3) is 0 Å². The standard InChI is InChI=1S/C15H29N3O5/c1-13(19)16-9-10-17-14(20)7-4-3-5-8-18-15(21)23-12-6-11-22-2/h3-12H2,1-2H3,(H,16,19)(H,17,20)(H,18,21). The molecule has 0 spiro atoms. The monoisotopic (exact) mass is 331 g/mol. The molecule has 0 bridgehead atoms. The van der Waals surface area contributed by atoms with Crippen LogP contribution in [-0.4, -0.2) is 57.9 Å². The minimum Gasteiger partial charge on any atom is -0.449 e. The molecule has 0 aliphatic carbocycles. The lowest BCUT2D eigenvalue weighted by Gasteiger charge is -2.07. The van der Waals surface area contributed by atoms with Gasteiger partial charge in [-0.15, -0.1) is 0 Å². The topological polar surface area (TPSA) is 106 Å². The Hall–Kier alpha value is -1.83. The van der Waals surface area contributed by atoms with E-state index in [0.29, 0.717) is 45.7 Å². The molecule has 0 aliphatic rings. The van der Waals surface area contributed by atoms with E-state index in [1.165, 1.54) is 6.92 Å². The van der Waals surface area contributed by atoms with E-state index in [4.69, 9.17) is 9.47 Å². The maximum Gasteiger partial charge on any atom is 0.407 e. The first-order valence-corrected chi connectivity index (χ1v) is 7.97. The number of carbonyl (C=O) groups is 3. The fourth-order valence-corrected chi connectivity index (χ4v) is 1.73. The maximum absolute atomic E-state index is 11.5. The zero-order valence-corrected chi connectivity index (χ0v) is 14.1. The number of amides is 3. The molecule has 0 aromatic heterocycles. The summed E-state index contributed by atoms with van der Waals surface area (Å²) in [7, 11) is 1.60. The molecule has 0 unspecified atom stereocenters. The Morgan fingerprint density at radius 3 is 2.26 bits per heavy atom. The van der Waals surface area contributed by atoms with E-state index in [1.54, 1.807) is 7.11 Å². The molecular weight excluding hydrogens is 302 g/mol. The van der Waals surface area contributed by atoms with Gasteiger partial charge in [0.05, 0.1) is 6.61 Å². The van der Waals surface area contributed by atoms with Gasteiger partial charge in [-0.2, -0.15) is 0 Å². The molecule has 8 nitrogen and oxygen atoms in total. The maximum atomic E-state index is 11.5. The molecule has 0 rings (SSSR count). The molecule has 3 N–H and O–H groups in total. The zero-order chi connectivity index (χ0) is 17.3. The highest BCUT2D eigenvalue weighted by Crippen LogP contribution is 1.99. The highest BCUT2D eigenvalue weighted by Gasteiger charge is 2.02. The molecule has 23 heavy (non-hydrogen) atoms. The van der Waals surface area contributed by atoms with Crippen LogP contribution in [0.5, 0.6) is 0 Å². The molecule has 0 atom stereocenters. The van der Waals surface area contributed by atoms with Crippen molar-refractivity contribution in [2.75, 3.05) is 40.0 Å². The summed E-state index contributed by atoms with van der Waals surface area (Å²) in [4.78, 5) is 33.4. The molecule has 0 saturated carbocycles. The number of alkyl carbamates (subject to hydrolysis) is 1. The second kappa shape index (κ2) is 15.1. The van der Waals surface area contributed by atoms with Gasteiger partial charge in [-0.25, -0.2) is 4.79 Å². The van der Waals surface area contributed by atoms with Crippen LogP contribution in [0.4, 0.5) is 4.79 Å². The van der Waals surface area contributed by atoms with Crippen LogP contribution in [0.15, 0.2) is 0 Å². The molecule has 134 valence electrons. The molecule has 0 heterocycles. The molecule has 3 amide bonds. The van der Waals surface area contributed by atoms with Crippen molar-refractivity contribution in [2.45, 2.75) is 39.0 Å². The molecular formula is C15H29N3O5. The van der Waals surface area contributed by atoms with E-state index in [0.717, 1.165) is 19.3 Å². The number of nitrogens with one attached hydrogen (secondary N) is 3. The Balaban J connectivity index is 3.32. The van der Waals surface area contributed by atoms with Crippen LogP contribution < -0.4 is 16.0 Å². The number of hydrogen-bond acceptors (Lipinski definition) is 5. The third-order valence-corrected chi connectivity index (χ3v) is 2.90. The zero-order valence-electron chi connectivity index (χ0n) is 14.1. The molecule has 0 fully saturated rings. The van der Waals surface area contributed by atoms with Gasteiger partial charge in [0.2, 0.25) is 11.8 Å². The van der Waals surface area contributed by atoms with Crippen LogP contribution in [0.3, 0.4) is 0 Å². The van der Waals surface area contributed by atoms with Gasteiger partial charge in [0.1, 0.15) is 0 Å². The molecule has 0 aromatic rings. The van der Waals surface area contributed by atoms with Crippen LogP contribution in [0.2, 0.25) is 0 Å². The lowest BCUT2D eigenvalue weighted by Crippen LogP contribution is -2.33. The van der Waals surface area contributed by atoms with Crippen molar-refractivity contribution in [3.63, 3.8) is 0 Å². The Labute approximate surface area is 137 Å². The van der Waals surface area contributed by atoms with Gasteiger partial charge >= 0.3 is 6.09 Å². The highest BCUT2D eigenvalue weighted by atomic mass is 16.5. The van der Waals surface area contributed by atoms with Crippen molar-refractivity contribution < 1.29 is 23.9 Å².